The van der Waals surface area contributed by atoms with Gasteiger partial charge in [0.2, 0.25) is 0 Å². The summed E-state index contributed by atoms with van der Waals surface area (Å²) in [6, 6.07) is 9.95. The summed E-state index contributed by atoms with van der Waals surface area (Å²) in [5, 5.41) is 12.6. The molecule has 3 nitrogen and oxygen atoms in total. The van der Waals surface area contributed by atoms with Crippen molar-refractivity contribution in [3.8, 4) is 5.75 Å². The molecule has 0 radical (unpaired) electrons. The molecule has 2 aromatic carbocycles. The summed E-state index contributed by atoms with van der Waals surface area (Å²) in [4.78, 5) is 0. The highest BCUT2D eigenvalue weighted by molar-refractivity contribution is 7.80. The molecule has 2 N–H and O–H groups in total. The van der Waals surface area contributed by atoms with E-state index < -0.39 is 12.7 Å². The zero-order valence-electron chi connectivity index (χ0n) is 12.1. The van der Waals surface area contributed by atoms with Gasteiger partial charge >= 0.3 is 6.92 Å². The Morgan fingerprint density at radius 3 is 2.68 bits per heavy atom. The smallest absolute Gasteiger partial charge is 0.323 e. The SMILES string of the molecule is CB(O)c1cc(NC(=S)Oc2ccccc2C)c(Cl)cc1F. The van der Waals surface area contributed by atoms with Gasteiger partial charge in [-0.05, 0) is 48.4 Å². The summed E-state index contributed by atoms with van der Waals surface area (Å²) in [7, 11) is 0. The monoisotopic (exact) mass is 337 g/mol. The Morgan fingerprint density at radius 2 is 2.05 bits per heavy atom. The number of hydrogen-bond donors (Lipinski definition) is 2. The van der Waals surface area contributed by atoms with Crippen LogP contribution in [-0.2, 0) is 0 Å². The van der Waals surface area contributed by atoms with E-state index in [2.05, 4.69) is 5.32 Å². The molecular formula is C15H14BClFNO2S. The molecule has 0 heterocycles. The number of thiocarbonyl (C=S) groups is 1. The first-order valence-corrected chi connectivity index (χ1v) is 7.38. The highest BCUT2D eigenvalue weighted by Gasteiger charge is 2.16. The van der Waals surface area contributed by atoms with Crippen molar-refractivity contribution in [2.75, 3.05) is 5.32 Å². The van der Waals surface area contributed by atoms with Crippen LogP contribution in [0.25, 0.3) is 0 Å². The average molecular weight is 338 g/mol. The van der Waals surface area contributed by atoms with E-state index in [0.29, 0.717) is 11.4 Å². The van der Waals surface area contributed by atoms with Crippen LogP contribution >= 0.6 is 23.8 Å². The molecule has 0 aliphatic rings. The van der Waals surface area contributed by atoms with Crippen LogP contribution in [0.15, 0.2) is 36.4 Å². The topological polar surface area (TPSA) is 41.5 Å². The number of hydrogen-bond acceptors (Lipinski definition) is 3. The summed E-state index contributed by atoms with van der Waals surface area (Å²) < 4.78 is 19.2. The van der Waals surface area contributed by atoms with Gasteiger partial charge in [0, 0.05) is 0 Å². The highest BCUT2D eigenvalue weighted by atomic mass is 35.5. The first kappa shape index (κ1) is 16.7. The molecule has 2 aromatic rings. The number of nitrogens with one attached hydrogen (secondary N) is 1. The maximum absolute atomic E-state index is 13.7. The fourth-order valence-corrected chi connectivity index (χ4v) is 2.29. The summed E-state index contributed by atoms with van der Waals surface area (Å²) >= 11 is 11.1. The van der Waals surface area contributed by atoms with E-state index in [1.165, 1.54) is 12.9 Å². The normalized spacial score (nSPS) is 10.2. The minimum Gasteiger partial charge on any atom is -0.446 e. The van der Waals surface area contributed by atoms with Gasteiger partial charge < -0.3 is 15.1 Å². The summed E-state index contributed by atoms with van der Waals surface area (Å²) in [5.41, 5.74) is 1.43. The zero-order chi connectivity index (χ0) is 16.3. The molecule has 0 aliphatic heterocycles. The lowest BCUT2D eigenvalue weighted by atomic mass is 9.64. The van der Waals surface area contributed by atoms with Gasteiger partial charge in [0.15, 0.2) is 0 Å². The predicted octanol–water partition coefficient (Wildman–Crippen LogP) is 3.38. The molecule has 0 aromatic heterocycles. The Kier molecular flexibility index (Phi) is 5.40. The number of halogens is 2. The van der Waals surface area contributed by atoms with E-state index in [9.17, 15) is 9.41 Å². The quantitative estimate of drug-likeness (QED) is 0.665. The highest BCUT2D eigenvalue weighted by Crippen LogP contribution is 2.23. The van der Waals surface area contributed by atoms with Gasteiger partial charge in [-0.2, -0.15) is 0 Å². The molecule has 0 atom stereocenters. The van der Waals surface area contributed by atoms with E-state index in [4.69, 9.17) is 28.6 Å². The van der Waals surface area contributed by atoms with Crippen molar-refractivity contribution in [1.29, 1.82) is 0 Å². The third kappa shape index (κ3) is 3.97. The molecule has 0 saturated heterocycles. The molecule has 7 heteroatoms. The van der Waals surface area contributed by atoms with Crippen LogP contribution in [0.3, 0.4) is 0 Å². The van der Waals surface area contributed by atoms with Crippen molar-refractivity contribution < 1.29 is 14.2 Å². The van der Waals surface area contributed by atoms with E-state index in [-0.39, 0.29) is 15.7 Å². The van der Waals surface area contributed by atoms with Crippen LogP contribution in [0.2, 0.25) is 11.8 Å². The molecule has 0 fully saturated rings. The minimum atomic E-state index is -0.955. The molecule has 0 aliphatic carbocycles. The van der Waals surface area contributed by atoms with Gasteiger partial charge in [-0.15, -0.1) is 0 Å². The molecule has 0 spiro atoms. The predicted molar refractivity (Wildman–Crippen MR) is 92.9 cm³/mol. The number of ether oxygens (including phenoxy) is 1. The lowest BCUT2D eigenvalue weighted by Crippen LogP contribution is -2.30. The third-order valence-corrected chi connectivity index (χ3v) is 3.57. The third-order valence-electron chi connectivity index (χ3n) is 3.07. The van der Waals surface area contributed by atoms with Gasteiger partial charge in [-0.3, -0.25) is 0 Å². The van der Waals surface area contributed by atoms with E-state index in [0.717, 1.165) is 11.6 Å². The fourth-order valence-electron chi connectivity index (χ4n) is 1.89. The first-order valence-electron chi connectivity index (χ1n) is 6.60. The standard InChI is InChI=1S/C15H14BClFNO2S/c1-9-5-3-4-6-14(9)21-15(22)19-13-7-10(16(2)20)12(18)8-11(13)17/h3-8,20H,1-2H3,(H,19,22). The summed E-state index contributed by atoms with van der Waals surface area (Å²) in [5.74, 6) is 0.0466. The number of anilines is 1. The Bertz CT molecular complexity index is 712. The maximum atomic E-state index is 13.7. The van der Waals surface area contributed by atoms with Gasteiger partial charge in [0.05, 0.1) is 10.7 Å². The lowest BCUT2D eigenvalue weighted by Gasteiger charge is -2.14. The van der Waals surface area contributed by atoms with Crippen molar-refractivity contribution in [2.45, 2.75) is 13.7 Å². The second-order valence-corrected chi connectivity index (χ2v) is 5.59. The Labute approximate surface area is 139 Å². The largest absolute Gasteiger partial charge is 0.446 e. The molecule has 22 heavy (non-hydrogen) atoms. The molecule has 2 rings (SSSR count). The van der Waals surface area contributed by atoms with Crippen LogP contribution in [0.1, 0.15) is 5.56 Å². The van der Waals surface area contributed by atoms with Gasteiger partial charge in [0.1, 0.15) is 11.6 Å². The van der Waals surface area contributed by atoms with E-state index >= 15 is 0 Å². The number of rotatable bonds is 3. The number of aryl methyl sites for hydroxylation is 1. The van der Waals surface area contributed by atoms with Gasteiger partial charge in [-0.25, -0.2) is 4.39 Å². The van der Waals surface area contributed by atoms with E-state index in [1.807, 2.05) is 25.1 Å². The van der Waals surface area contributed by atoms with Crippen molar-refractivity contribution >= 4 is 47.1 Å². The molecule has 0 unspecified atom stereocenters. The Balaban J connectivity index is 2.18. The van der Waals surface area contributed by atoms with Crippen LogP contribution in [0, 0.1) is 12.7 Å². The molecule has 0 saturated carbocycles. The average Bonchev–Trinajstić information content (AvgIpc) is 2.44. The maximum Gasteiger partial charge on any atom is 0.323 e. The van der Waals surface area contributed by atoms with Crippen molar-refractivity contribution in [1.82, 2.24) is 0 Å². The van der Waals surface area contributed by atoms with Crippen molar-refractivity contribution in [2.24, 2.45) is 0 Å². The number of para-hydroxylation sites is 1. The van der Waals surface area contributed by atoms with Crippen LogP contribution in [0.4, 0.5) is 10.1 Å². The van der Waals surface area contributed by atoms with Crippen molar-refractivity contribution in [3.05, 3.63) is 52.8 Å². The summed E-state index contributed by atoms with van der Waals surface area (Å²) in [6.45, 7) is 2.41. The van der Waals surface area contributed by atoms with Crippen molar-refractivity contribution in [3.63, 3.8) is 0 Å². The Hall–Kier alpha value is -1.63. The number of benzene rings is 2. The zero-order valence-corrected chi connectivity index (χ0v) is 13.6. The van der Waals surface area contributed by atoms with Crippen LogP contribution in [-0.4, -0.2) is 17.1 Å². The molecule has 114 valence electrons. The molecule has 0 bridgehead atoms. The lowest BCUT2D eigenvalue weighted by molar-refractivity contribution is 0.558. The second-order valence-electron chi connectivity index (χ2n) is 4.81. The molecule has 0 amide bonds. The van der Waals surface area contributed by atoms with Crippen LogP contribution in [0.5, 0.6) is 5.75 Å². The molecular weight excluding hydrogens is 324 g/mol. The summed E-state index contributed by atoms with van der Waals surface area (Å²) in [6.07, 6.45) is 0. The fraction of sp³-hybridized carbons (Fsp3) is 0.133. The van der Waals surface area contributed by atoms with Gasteiger partial charge in [-0.1, -0.05) is 36.6 Å². The second kappa shape index (κ2) is 7.09. The van der Waals surface area contributed by atoms with Crippen LogP contribution < -0.4 is 15.5 Å². The van der Waals surface area contributed by atoms with E-state index in [1.54, 1.807) is 6.07 Å². The first-order chi connectivity index (χ1) is 10.4. The Morgan fingerprint density at radius 1 is 1.36 bits per heavy atom. The minimum absolute atomic E-state index is 0.0827. The van der Waals surface area contributed by atoms with Gasteiger partial charge in [0.25, 0.3) is 5.17 Å².